The minimum Gasteiger partial charge on any atom is -0.477 e. The summed E-state index contributed by atoms with van der Waals surface area (Å²) in [6.45, 7) is -1.42. The van der Waals surface area contributed by atoms with Crippen molar-refractivity contribution >= 4 is 64.9 Å². The van der Waals surface area contributed by atoms with Gasteiger partial charge in [0.15, 0.2) is 5.96 Å². The Morgan fingerprint density at radius 1 is 0.753 bits per heavy atom. The number of halogens is 1. The quantitative estimate of drug-likeness (QED) is 0.0130. The summed E-state index contributed by atoms with van der Waals surface area (Å²) in [4.78, 5) is 130. The Balaban J connectivity index is 2.38. The number of carbonyl (C=O) groups is 9. The first-order chi connectivity index (χ1) is 36.6. The fourth-order valence-electron chi connectivity index (χ4n) is 7.69. The predicted octanol–water partition coefficient (Wildman–Crippen LogP) is -6.91. The first-order valence-electron chi connectivity index (χ1n) is 25.2. The third-order valence-electron chi connectivity index (χ3n) is 11.9. The topological polar surface area (TPSA) is 523 Å². The number of hydrogen-bond donors (Lipinski definition) is 17. The lowest BCUT2D eigenvalue weighted by molar-refractivity contribution is -0.137. The summed E-state index contributed by atoms with van der Waals surface area (Å²) in [6.07, 6.45) is -0.494. The number of benzene rings is 1. The zero-order valence-electron chi connectivity index (χ0n) is 43.0. The molecule has 0 aliphatic carbocycles. The van der Waals surface area contributed by atoms with E-state index >= 15 is 4.39 Å². The normalized spacial score (nSPS) is 16.3. The molecule has 1 saturated heterocycles. The van der Waals surface area contributed by atoms with Gasteiger partial charge in [-0.3, -0.25) is 43.3 Å². The number of nitrogens with two attached hydrogens (primary N) is 8. The molecule has 0 radical (unpaired) electrons. The van der Waals surface area contributed by atoms with E-state index in [1.165, 1.54) is 24.3 Å². The van der Waals surface area contributed by atoms with Gasteiger partial charge in [0, 0.05) is 32.6 Å². The van der Waals surface area contributed by atoms with Gasteiger partial charge in [-0.05, 0) is 95.5 Å². The predicted molar refractivity (Wildman–Crippen MR) is 279 cm³/mol. The fraction of sp³-hybridized carbons (Fsp3) is 0.596. The molecular weight excluding hydrogens is 1010 g/mol. The van der Waals surface area contributed by atoms with Gasteiger partial charge in [0.05, 0.1) is 24.8 Å². The van der Waals surface area contributed by atoms with Gasteiger partial charge >= 0.3 is 5.97 Å². The molecule has 0 spiro atoms. The summed E-state index contributed by atoms with van der Waals surface area (Å²) in [5.41, 5.74) is 43.7. The molecule has 25 N–H and O–H groups in total. The van der Waals surface area contributed by atoms with Crippen LogP contribution in [-0.4, -0.2) is 186 Å². The summed E-state index contributed by atoms with van der Waals surface area (Å²) in [7, 11) is 0. The molecule has 8 amide bonds. The van der Waals surface area contributed by atoms with Crippen molar-refractivity contribution < 1.29 is 62.9 Å². The summed E-state index contributed by atoms with van der Waals surface area (Å²) >= 11 is 0. The van der Waals surface area contributed by atoms with Crippen LogP contribution in [0.25, 0.3) is 0 Å². The molecular formula is C47H78FN17O12. The van der Waals surface area contributed by atoms with E-state index in [1.807, 2.05) is 0 Å². The number of amides is 8. The van der Waals surface area contributed by atoms with Gasteiger partial charge in [-0.1, -0.05) is 30.7 Å². The Labute approximate surface area is 444 Å². The fourth-order valence-corrected chi connectivity index (χ4v) is 7.69. The summed E-state index contributed by atoms with van der Waals surface area (Å²) in [5.74, 6) is -10.4. The number of nitrogens with zero attached hydrogens (tertiary/aromatic N) is 3. The van der Waals surface area contributed by atoms with Gasteiger partial charge in [0.1, 0.15) is 47.4 Å². The lowest BCUT2D eigenvalue weighted by Crippen LogP contribution is -2.63. The first-order valence-corrected chi connectivity index (χ1v) is 25.2. The molecule has 430 valence electrons. The Morgan fingerprint density at radius 2 is 1.36 bits per heavy atom. The van der Waals surface area contributed by atoms with E-state index in [0.717, 1.165) is 11.0 Å². The van der Waals surface area contributed by atoms with Gasteiger partial charge in [-0.25, -0.2) is 14.2 Å². The Hall–Kier alpha value is -7.06. The van der Waals surface area contributed by atoms with Crippen molar-refractivity contribution in [1.82, 2.24) is 36.8 Å². The largest absolute Gasteiger partial charge is 0.477 e. The highest BCUT2D eigenvalue weighted by atomic mass is 19.1. The Morgan fingerprint density at radius 3 is 1.96 bits per heavy atom. The molecule has 8 atom stereocenters. The second-order valence-corrected chi connectivity index (χ2v) is 17.9. The maximum absolute atomic E-state index is 15.1. The van der Waals surface area contributed by atoms with Crippen molar-refractivity contribution in [3.05, 3.63) is 47.4 Å². The van der Waals surface area contributed by atoms with Crippen LogP contribution < -0.4 is 77.8 Å². The number of hydrogen-bond acceptors (Lipinski definition) is 18. The maximum Gasteiger partial charge on any atom is 0.352 e. The highest BCUT2D eigenvalue weighted by Crippen LogP contribution is 2.20. The number of aliphatic imine (C=N–C) groups is 2. The Bertz CT molecular complexity index is 2250. The molecule has 2 rings (SSSR count). The first kappa shape index (κ1) is 66.1. The molecule has 1 aliphatic rings. The molecule has 0 aromatic heterocycles. The van der Waals surface area contributed by atoms with Crippen LogP contribution in [0.15, 0.2) is 46.0 Å². The van der Waals surface area contributed by atoms with Crippen LogP contribution in [0.1, 0.15) is 76.2 Å². The molecule has 1 aliphatic heterocycles. The number of carboxylic acids is 1. The number of carboxylic acid groups (broad SMARTS) is 1. The third-order valence-corrected chi connectivity index (χ3v) is 11.9. The highest BCUT2D eigenvalue weighted by molar-refractivity contribution is 6.40. The van der Waals surface area contributed by atoms with E-state index < -0.39 is 139 Å². The van der Waals surface area contributed by atoms with E-state index in [0.29, 0.717) is 32.2 Å². The molecule has 0 unspecified atom stereocenters. The molecule has 77 heavy (non-hydrogen) atoms. The van der Waals surface area contributed by atoms with Crippen LogP contribution >= 0.6 is 0 Å². The van der Waals surface area contributed by atoms with Crippen molar-refractivity contribution in [2.24, 2.45) is 55.9 Å². The number of likely N-dealkylation sites (tertiary alicyclic amines) is 1. The molecule has 0 bridgehead atoms. The van der Waals surface area contributed by atoms with E-state index in [2.05, 4.69) is 41.9 Å². The lowest BCUT2D eigenvalue weighted by Gasteiger charge is -2.28. The molecule has 1 aromatic rings. The second-order valence-electron chi connectivity index (χ2n) is 17.9. The van der Waals surface area contributed by atoms with Gasteiger partial charge in [-0.15, -0.1) is 0 Å². The molecule has 1 fully saturated rings. The van der Waals surface area contributed by atoms with Crippen LogP contribution in [0.3, 0.4) is 0 Å². The molecule has 29 nitrogen and oxygen atoms in total. The number of aliphatic hydroxyl groups is 2. The van der Waals surface area contributed by atoms with Crippen molar-refractivity contribution in [2.45, 2.75) is 126 Å². The summed E-state index contributed by atoms with van der Waals surface area (Å²) in [5, 5.41) is 45.0. The molecule has 1 aromatic carbocycles. The minimum absolute atomic E-state index is 0.00353. The SMILES string of the molecule is NCCCC[C@H](NC(=O)[C@H](Cc1ccccc1F)NC(=O)[C@@H]1CCCN1C(=O)C(CCCN)=NC(=O)CNC(=O)[C@@H](NC(=O)[C@@H](NC(=O)[C@@H](N)CCCCN)[C@@H](O)CN)[C@@H](O)CN)C(=O)N/C(=C\CCN=C(N)N)C(=O)O. The average Bonchev–Trinajstić information content (AvgIpc) is 3.90. The van der Waals surface area contributed by atoms with Gasteiger partial charge < -0.3 is 98.0 Å². The molecule has 1 heterocycles. The lowest BCUT2D eigenvalue weighted by atomic mass is 10.0. The maximum atomic E-state index is 15.1. The van der Waals surface area contributed by atoms with Crippen LogP contribution in [0.2, 0.25) is 0 Å². The van der Waals surface area contributed by atoms with Gasteiger partial charge in [0.25, 0.3) is 11.8 Å². The van der Waals surface area contributed by atoms with Gasteiger partial charge in [0.2, 0.25) is 35.4 Å². The molecule has 0 saturated carbocycles. The van der Waals surface area contributed by atoms with Crippen molar-refractivity contribution in [1.29, 1.82) is 0 Å². The number of carbonyl (C=O) groups excluding carboxylic acids is 8. The molecule has 30 heteroatoms. The number of unbranched alkanes of at least 4 members (excludes halogenated alkanes) is 2. The van der Waals surface area contributed by atoms with Crippen LogP contribution in [-0.2, 0) is 49.6 Å². The van der Waals surface area contributed by atoms with E-state index in [-0.39, 0.29) is 88.4 Å². The standard InChI is InChI=1S/C47H78FN17O12/c48-27-11-2-1-10-26(27)22-32(41(71)60-29(13-4-6-18-50)40(70)61-31(46(76)77)15-8-20-57-47(55)56)62-42(72)33-16-9-21-65(33)45(75)30(14-7-19-51)59-36(68)25-58-43(73)37(34(66)23-52)64-44(74)38(35(67)24-53)63-39(69)28(54)12-3-5-17-49/h1-2,10-11,15,28-29,32-35,37-38,66-67H,3-9,12-14,16-25,49-54H2,(H,58,73)(H,60,71)(H,61,70)(H,62,72)(H,63,69)(H,64,74)(H,76,77)(H4,55,56,57)/b31-15-,59-30?/t28-,29-,32-,33-,34-,35-,37-,38-/m0/s1. The second kappa shape index (κ2) is 35.3. The van der Waals surface area contributed by atoms with E-state index in [4.69, 9.17) is 45.9 Å². The third kappa shape index (κ3) is 23.0. The smallest absolute Gasteiger partial charge is 0.352 e. The number of nitrogens with one attached hydrogen (secondary N) is 6. The summed E-state index contributed by atoms with van der Waals surface area (Å²) in [6, 6.07) is -3.54. The Kier molecular flexibility index (Phi) is 30.3. The van der Waals surface area contributed by atoms with Crippen LogP contribution in [0.5, 0.6) is 0 Å². The van der Waals surface area contributed by atoms with Crippen molar-refractivity contribution in [3.8, 4) is 0 Å². The number of aliphatic hydroxyl groups excluding tert-OH is 2. The number of rotatable bonds is 35. The zero-order valence-corrected chi connectivity index (χ0v) is 43.0. The minimum atomic E-state index is -1.86. The number of guanidine groups is 1. The highest BCUT2D eigenvalue weighted by Gasteiger charge is 2.39. The van der Waals surface area contributed by atoms with E-state index in [1.54, 1.807) is 0 Å². The average molecular weight is 1090 g/mol. The van der Waals surface area contributed by atoms with Crippen LogP contribution in [0.4, 0.5) is 4.39 Å². The monoisotopic (exact) mass is 1090 g/mol. The number of aliphatic carboxylic acids is 1. The zero-order chi connectivity index (χ0) is 57.6. The van der Waals surface area contributed by atoms with E-state index in [9.17, 15) is 58.5 Å². The van der Waals surface area contributed by atoms with Crippen LogP contribution in [0, 0.1) is 5.82 Å². The summed E-state index contributed by atoms with van der Waals surface area (Å²) < 4.78 is 15.1. The van der Waals surface area contributed by atoms with Crippen molar-refractivity contribution in [3.63, 3.8) is 0 Å². The van der Waals surface area contributed by atoms with Crippen molar-refractivity contribution in [2.75, 3.05) is 52.4 Å². The van der Waals surface area contributed by atoms with Gasteiger partial charge in [-0.2, -0.15) is 0 Å².